The van der Waals surface area contributed by atoms with Crippen LogP contribution in [0.25, 0.3) is 10.4 Å². The van der Waals surface area contributed by atoms with Crippen molar-refractivity contribution in [3.63, 3.8) is 0 Å². The minimum atomic E-state index is -1.76. The van der Waals surface area contributed by atoms with E-state index >= 15 is 0 Å². The van der Waals surface area contributed by atoms with E-state index in [0.29, 0.717) is 0 Å². The average Bonchev–Trinajstić information content (AvgIpc) is 2.33. The highest BCUT2D eigenvalue weighted by Crippen LogP contribution is 2.22. The SMILES string of the molecule is [N-]=[N+]=NCCO[C@@H]1OC(C(=O)O)[C@@H](O)[C@H](O)C1O. The van der Waals surface area contributed by atoms with Crippen molar-refractivity contribution in [2.24, 2.45) is 5.11 Å². The molecule has 0 radical (unpaired) electrons. The Morgan fingerprint density at radius 3 is 2.56 bits per heavy atom. The van der Waals surface area contributed by atoms with E-state index in [1.807, 2.05) is 0 Å². The van der Waals surface area contributed by atoms with Gasteiger partial charge in [0, 0.05) is 11.5 Å². The van der Waals surface area contributed by atoms with Crippen molar-refractivity contribution in [1.82, 2.24) is 0 Å². The summed E-state index contributed by atoms with van der Waals surface area (Å²) in [7, 11) is 0. The molecule has 0 bridgehead atoms. The van der Waals surface area contributed by atoms with E-state index < -0.39 is 36.7 Å². The summed E-state index contributed by atoms with van der Waals surface area (Å²) in [6, 6.07) is 0. The number of hydrogen-bond donors (Lipinski definition) is 4. The molecule has 1 heterocycles. The Labute approximate surface area is 101 Å². The number of hydrogen-bond acceptors (Lipinski definition) is 7. The molecule has 0 aromatic rings. The lowest BCUT2D eigenvalue weighted by Crippen LogP contribution is -2.60. The first-order valence-corrected chi connectivity index (χ1v) is 5.04. The van der Waals surface area contributed by atoms with Gasteiger partial charge in [-0.2, -0.15) is 0 Å². The van der Waals surface area contributed by atoms with Crippen LogP contribution < -0.4 is 0 Å². The van der Waals surface area contributed by atoms with E-state index in [0.717, 1.165) is 0 Å². The number of aliphatic carboxylic acids is 1. The third kappa shape index (κ3) is 3.29. The van der Waals surface area contributed by atoms with Crippen molar-refractivity contribution >= 4 is 5.97 Å². The van der Waals surface area contributed by atoms with Crippen LogP contribution >= 0.6 is 0 Å². The summed E-state index contributed by atoms with van der Waals surface area (Å²) in [6.07, 6.45) is -8.17. The zero-order valence-corrected chi connectivity index (χ0v) is 9.16. The normalized spacial score (nSPS) is 35.8. The van der Waals surface area contributed by atoms with Crippen LogP contribution in [0.5, 0.6) is 0 Å². The zero-order chi connectivity index (χ0) is 13.7. The fourth-order valence-corrected chi connectivity index (χ4v) is 1.44. The second-order valence-electron chi connectivity index (χ2n) is 3.56. The lowest BCUT2D eigenvalue weighted by molar-refractivity contribution is -0.293. The summed E-state index contributed by atoms with van der Waals surface area (Å²) in [5.41, 5.74) is 8.02. The van der Waals surface area contributed by atoms with Crippen LogP contribution in [0, 0.1) is 0 Å². The Morgan fingerprint density at radius 1 is 1.33 bits per heavy atom. The number of rotatable bonds is 5. The molecule has 4 N–H and O–H groups in total. The lowest BCUT2D eigenvalue weighted by Gasteiger charge is -2.38. The minimum Gasteiger partial charge on any atom is -0.479 e. The fraction of sp³-hybridized carbons (Fsp3) is 0.875. The molecule has 10 nitrogen and oxygen atoms in total. The van der Waals surface area contributed by atoms with Gasteiger partial charge in [0.1, 0.15) is 18.3 Å². The summed E-state index contributed by atoms with van der Waals surface area (Å²) >= 11 is 0. The topological polar surface area (TPSA) is 165 Å². The van der Waals surface area contributed by atoms with E-state index in [1.165, 1.54) is 0 Å². The van der Waals surface area contributed by atoms with E-state index in [2.05, 4.69) is 10.0 Å². The van der Waals surface area contributed by atoms with Crippen LogP contribution in [-0.2, 0) is 14.3 Å². The largest absolute Gasteiger partial charge is 0.479 e. The predicted molar refractivity (Wildman–Crippen MR) is 54.3 cm³/mol. The summed E-state index contributed by atoms with van der Waals surface area (Å²) < 4.78 is 9.73. The maximum Gasteiger partial charge on any atom is 0.335 e. The Hall–Kier alpha value is -1.42. The maximum absolute atomic E-state index is 10.7. The van der Waals surface area contributed by atoms with Crippen LogP contribution in [0.2, 0.25) is 0 Å². The Morgan fingerprint density at radius 2 is 2.00 bits per heavy atom. The Kier molecular flexibility index (Phi) is 5.28. The summed E-state index contributed by atoms with van der Waals surface area (Å²) in [5, 5.41) is 40.2. The first kappa shape index (κ1) is 14.6. The highest BCUT2D eigenvalue weighted by Gasteiger charge is 2.47. The van der Waals surface area contributed by atoms with Crippen LogP contribution in [-0.4, -0.2) is 70.3 Å². The molecule has 2 unspecified atom stereocenters. The Bertz CT molecular complexity index is 346. The molecule has 10 heteroatoms. The number of carboxylic acid groups (broad SMARTS) is 1. The van der Waals surface area contributed by atoms with Crippen molar-refractivity contribution in [2.75, 3.05) is 13.2 Å². The molecule has 1 aliphatic rings. The number of azide groups is 1. The molecule has 1 aliphatic heterocycles. The van der Waals surface area contributed by atoms with E-state index in [1.54, 1.807) is 0 Å². The van der Waals surface area contributed by atoms with E-state index in [9.17, 15) is 20.1 Å². The van der Waals surface area contributed by atoms with Crippen molar-refractivity contribution in [3.05, 3.63) is 10.4 Å². The molecule has 5 atom stereocenters. The molecule has 0 saturated carbocycles. The van der Waals surface area contributed by atoms with Gasteiger partial charge in [0.05, 0.1) is 6.61 Å². The molecule has 0 aromatic carbocycles. The van der Waals surface area contributed by atoms with Gasteiger partial charge in [0.2, 0.25) is 0 Å². The summed E-state index contributed by atoms with van der Waals surface area (Å²) in [6.45, 7) is -0.166. The molecule has 1 saturated heterocycles. The number of carboxylic acids is 1. The quantitative estimate of drug-likeness (QED) is 0.196. The van der Waals surface area contributed by atoms with Crippen LogP contribution in [0.3, 0.4) is 0 Å². The molecular formula is C8H13N3O7. The van der Waals surface area contributed by atoms with Gasteiger partial charge in [-0.1, -0.05) is 5.11 Å². The van der Waals surface area contributed by atoms with Crippen molar-refractivity contribution in [2.45, 2.75) is 30.7 Å². The first-order chi connectivity index (χ1) is 8.49. The van der Waals surface area contributed by atoms with Crippen molar-refractivity contribution < 1.29 is 34.7 Å². The molecular weight excluding hydrogens is 250 g/mol. The molecule has 102 valence electrons. The number of carbonyl (C=O) groups is 1. The van der Waals surface area contributed by atoms with Gasteiger partial charge in [-0.25, -0.2) is 4.79 Å². The van der Waals surface area contributed by atoms with E-state index in [-0.39, 0.29) is 13.2 Å². The molecule has 0 aliphatic carbocycles. The molecule has 0 aromatic heterocycles. The highest BCUT2D eigenvalue weighted by atomic mass is 16.7. The standard InChI is InChI=1S/C8H13N3O7/c9-11-10-1-2-17-8-5(14)3(12)4(13)6(18-8)7(15)16/h3-6,8,12-14H,1-2H2,(H,15,16)/t3-,4-,5?,6?,8+/m0/s1. The fourth-order valence-electron chi connectivity index (χ4n) is 1.44. The number of nitrogens with zero attached hydrogens (tertiary/aromatic N) is 3. The number of aliphatic hydroxyl groups excluding tert-OH is 3. The smallest absolute Gasteiger partial charge is 0.335 e. The number of ether oxygens (including phenoxy) is 2. The molecule has 0 amide bonds. The number of aliphatic hydroxyl groups is 3. The Balaban J connectivity index is 2.61. The third-order valence-corrected chi connectivity index (χ3v) is 2.35. The lowest BCUT2D eigenvalue weighted by atomic mass is 9.99. The summed E-state index contributed by atoms with van der Waals surface area (Å²) in [4.78, 5) is 13.2. The van der Waals surface area contributed by atoms with Crippen molar-refractivity contribution in [3.8, 4) is 0 Å². The molecule has 18 heavy (non-hydrogen) atoms. The van der Waals surface area contributed by atoms with Gasteiger partial charge in [0.25, 0.3) is 0 Å². The summed E-state index contributed by atoms with van der Waals surface area (Å²) in [5.74, 6) is -1.49. The van der Waals surface area contributed by atoms with Gasteiger partial charge in [-0.3, -0.25) is 0 Å². The average molecular weight is 263 g/mol. The molecule has 0 spiro atoms. The molecule has 1 rings (SSSR count). The molecule has 1 fully saturated rings. The second-order valence-corrected chi connectivity index (χ2v) is 3.56. The van der Waals surface area contributed by atoms with Gasteiger partial charge < -0.3 is 29.9 Å². The van der Waals surface area contributed by atoms with Crippen LogP contribution in [0.15, 0.2) is 5.11 Å². The van der Waals surface area contributed by atoms with Crippen LogP contribution in [0.4, 0.5) is 0 Å². The predicted octanol–water partition coefficient (Wildman–Crippen LogP) is -1.79. The van der Waals surface area contributed by atoms with Gasteiger partial charge in [-0.05, 0) is 5.53 Å². The first-order valence-electron chi connectivity index (χ1n) is 5.04. The maximum atomic E-state index is 10.7. The van der Waals surface area contributed by atoms with Crippen molar-refractivity contribution in [1.29, 1.82) is 0 Å². The highest BCUT2D eigenvalue weighted by molar-refractivity contribution is 5.73. The minimum absolute atomic E-state index is 0.0422. The van der Waals surface area contributed by atoms with Gasteiger partial charge in [-0.15, -0.1) is 0 Å². The second kappa shape index (κ2) is 6.50. The van der Waals surface area contributed by atoms with Crippen LogP contribution in [0.1, 0.15) is 0 Å². The van der Waals surface area contributed by atoms with Gasteiger partial charge in [0.15, 0.2) is 12.4 Å². The zero-order valence-electron chi connectivity index (χ0n) is 9.16. The third-order valence-electron chi connectivity index (χ3n) is 2.35. The monoisotopic (exact) mass is 263 g/mol. The van der Waals surface area contributed by atoms with E-state index in [4.69, 9.17) is 20.1 Å². The van der Waals surface area contributed by atoms with Gasteiger partial charge >= 0.3 is 5.97 Å².